The molecule has 3 rings (SSSR count). The summed E-state index contributed by atoms with van der Waals surface area (Å²) in [5, 5.41) is 11.3. The summed E-state index contributed by atoms with van der Waals surface area (Å²) in [5.41, 5.74) is 2.58. The molecule has 0 atom stereocenters. The number of halogens is 2. The van der Waals surface area contributed by atoms with Gasteiger partial charge in [0.1, 0.15) is 23.0 Å². The van der Waals surface area contributed by atoms with Crippen molar-refractivity contribution in [3.63, 3.8) is 0 Å². The summed E-state index contributed by atoms with van der Waals surface area (Å²) >= 11 is 6.13. The molecule has 106 valence electrons. The number of nitrogens with zero attached hydrogens (tertiary/aromatic N) is 2. The Hall–Kier alpha value is -2.40. The monoisotopic (exact) mass is 303 g/mol. The lowest BCUT2D eigenvalue weighted by molar-refractivity contribution is 0.415. The van der Waals surface area contributed by atoms with E-state index in [4.69, 9.17) is 16.3 Å². The number of benzene rings is 2. The van der Waals surface area contributed by atoms with Crippen LogP contribution in [0.15, 0.2) is 42.5 Å². The molecule has 0 fully saturated rings. The topological polar surface area (TPSA) is 50.8 Å². The van der Waals surface area contributed by atoms with Gasteiger partial charge in [-0.3, -0.25) is 0 Å². The largest absolute Gasteiger partial charge is 0.495 e. The van der Waals surface area contributed by atoms with Crippen LogP contribution in [0, 0.1) is 5.82 Å². The Morgan fingerprint density at radius 2 is 1.76 bits per heavy atom. The van der Waals surface area contributed by atoms with E-state index in [1.807, 2.05) is 6.07 Å². The Kier molecular flexibility index (Phi) is 3.58. The lowest BCUT2D eigenvalue weighted by atomic mass is 10.0. The van der Waals surface area contributed by atoms with Crippen LogP contribution in [0.1, 0.15) is 0 Å². The van der Waals surface area contributed by atoms with Crippen molar-refractivity contribution in [2.24, 2.45) is 0 Å². The molecule has 1 heterocycles. The highest BCUT2D eigenvalue weighted by atomic mass is 35.5. The zero-order chi connectivity index (χ0) is 14.8. The van der Waals surface area contributed by atoms with Crippen LogP contribution >= 0.6 is 11.6 Å². The summed E-state index contributed by atoms with van der Waals surface area (Å²) in [6.45, 7) is 0. The maximum absolute atomic E-state index is 13.4. The average molecular weight is 304 g/mol. The zero-order valence-corrected chi connectivity index (χ0v) is 11.9. The Morgan fingerprint density at radius 3 is 2.38 bits per heavy atom. The Morgan fingerprint density at radius 1 is 1.05 bits per heavy atom. The molecule has 0 aliphatic rings. The molecule has 0 amide bonds. The summed E-state index contributed by atoms with van der Waals surface area (Å²) < 4.78 is 18.5. The van der Waals surface area contributed by atoms with Crippen molar-refractivity contribution in [1.29, 1.82) is 0 Å². The van der Waals surface area contributed by atoms with Gasteiger partial charge >= 0.3 is 0 Å². The third-order valence-electron chi connectivity index (χ3n) is 3.07. The molecule has 1 aromatic heterocycles. The molecule has 0 unspecified atom stereocenters. The van der Waals surface area contributed by atoms with Crippen molar-refractivity contribution in [2.75, 3.05) is 7.11 Å². The van der Waals surface area contributed by atoms with Crippen molar-refractivity contribution in [1.82, 2.24) is 15.4 Å². The summed E-state index contributed by atoms with van der Waals surface area (Å²) in [5.74, 6) is 0.255. The van der Waals surface area contributed by atoms with Gasteiger partial charge < -0.3 is 4.74 Å². The molecule has 3 aromatic rings. The molecule has 0 radical (unpaired) electrons. The van der Waals surface area contributed by atoms with Gasteiger partial charge in [-0.25, -0.2) is 4.39 Å². The number of nitrogens with one attached hydrogen (secondary N) is 1. The number of methoxy groups -OCH3 is 1. The van der Waals surface area contributed by atoms with Crippen LogP contribution in [0.2, 0.25) is 5.02 Å². The number of aromatic nitrogens is 3. The van der Waals surface area contributed by atoms with Gasteiger partial charge in [-0.1, -0.05) is 23.7 Å². The van der Waals surface area contributed by atoms with Crippen LogP contribution in [0.4, 0.5) is 4.39 Å². The molecule has 1 N–H and O–H groups in total. The van der Waals surface area contributed by atoms with E-state index in [1.54, 1.807) is 31.4 Å². The van der Waals surface area contributed by atoms with E-state index in [9.17, 15) is 4.39 Å². The minimum absolute atomic E-state index is 0.325. The minimum atomic E-state index is -0.325. The summed E-state index contributed by atoms with van der Waals surface area (Å²) in [4.78, 5) is 0. The van der Waals surface area contributed by atoms with Gasteiger partial charge in [-0.05, 0) is 30.3 Å². The molecule has 0 saturated heterocycles. The number of ether oxygens (including phenoxy) is 1. The standard InChI is InChI=1S/C15H11ClFN3O/c1-21-13-6-5-10(8-12(13)16)15-14(18-20-19-15)9-3-2-4-11(17)7-9/h2-8H,1H3,(H,18,19,20). The summed E-state index contributed by atoms with van der Waals surface area (Å²) in [6, 6.07) is 11.5. The average Bonchev–Trinajstić information content (AvgIpc) is 2.96. The Balaban J connectivity index is 2.09. The molecular formula is C15H11ClFN3O. The Labute approximate surface area is 125 Å². The smallest absolute Gasteiger partial charge is 0.137 e. The fourth-order valence-corrected chi connectivity index (χ4v) is 2.34. The lowest BCUT2D eigenvalue weighted by Gasteiger charge is -2.05. The number of hydrogen-bond acceptors (Lipinski definition) is 3. The third-order valence-corrected chi connectivity index (χ3v) is 3.37. The molecule has 6 heteroatoms. The first-order valence-corrected chi connectivity index (χ1v) is 6.57. The maximum atomic E-state index is 13.4. The van der Waals surface area contributed by atoms with E-state index in [0.29, 0.717) is 27.7 Å². The second-order valence-corrected chi connectivity index (χ2v) is 4.79. The first-order chi connectivity index (χ1) is 10.2. The van der Waals surface area contributed by atoms with Gasteiger partial charge in [0.05, 0.1) is 12.1 Å². The van der Waals surface area contributed by atoms with E-state index in [-0.39, 0.29) is 5.82 Å². The van der Waals surface area contributed by atoms with E-state index < -0.39 is 0 Å². The first-order valence-electron chi connectivity index (χ1n) is 6.19. The molecule has 0 saturated carbocycles. The van der Waals surface area contributed by atoms with Gasteiger partial charge in [0.25, 0.3) is 0 Å². The summed E-state index contributed by atoms with van der Waals surface area (Å²) in [7, 11) is 1.55. The molecule has 0 spiro atoms. The van der Waals surface area contributed by atoms with E-state index in [0.717, 1.165) is 5.56 Å². The second-order valence-electron chi connectivity index (χ2n) is 4.38. The van der Waals surface area contributed by atoms with Crippen LogP contribution in [0.3, 0.4) is 0 Å². The highest BCUT2D eigenvalue weighted by Gasteiger charge is 2.14. The molecule has 2 aromatic carbocycles. The SMILES string of the molecule is COc1ccc(-c2n[nH]nc2-c2cccc(F)c2)cc1Cl. The van der Waals surface area contributed by atoms with E-state index >= 15 is 0 Å². The predicted octanol–water partition coefficient (Wildman–Crippen LogP) is 3.94. The molecule has 0 aliphatic carbocycles. The van der Waals surface area contributed by atoms with Crippen molar-refractivity contribution in [3.8, 4) is 28.3 Å². The lowest BCUT2D eigenvalue weighted by Crippen LogP contribution is -1.88. The Bertz CT molecular complexity index is 788. The quantitative estimate of drug-likeness (QED) is 0.797. The zero-order valence-electron chi connectivity index (χ0n) is 11.1. The predicted molar refractivity (Wildman–Crippen MR) is 78.8 cm³/mol. The minimum Gasteiger partial charge on any atom is -0.495 e. The molecule has 4 nitrogen and oxygen atoms in total. The fraction of sp³-hybridized carbons (Fsp3) is 0.0667. The van der Waals surface area contributed by atoms with E-state index in [1.165, 1.54) is 12.1 Å². The highest BCUT2D eigenvalue weighted by molar-refractivity contribution is 6.32. The van der Waals surface area contributed by atoms with Crippen molar-refractivity contribution >= 4 is 11.6 Å². The van der Waals surface area contributed by atoms with Crippen LogP contribution < -0.4 is 4.74 Å². The van der Waals surface area contributed by atoms with Gasteiger partial charge in [-0.2, -0.15) is 15.4 Å². The number of hydrogen-bond donors (Lipinski definition) is 1. The fourth-order valence-electron chi connectivity index (χ4n) is 2.08. The third kappa shape index (κ3) is 2.60. The van der Waals surface area contributed by atoms with Gasteiger partial charge in [-0.15, -0.1) is 0 Å². The molecular weight excluding hydrogens is 293 g/mol. The number of aromatic amines is 1. The van der Waals surface area contributed by atoms with Crippen molar-refractivity contribution < 1.29 is 9.13 Å². The van der Waals surface area contributed by atoms with Crippen LogP contribution in [-0.2, 0) is 0 Å². The molecule has 21 heavy (non-hydrogen) atoms. The van der Waals surface area contributed by atoms with Crippen molar-refractivity contribution in [2.45, 2.75) is 0 Å². The van der Waals surface area contributed by atoms with E-state index in [2.05, 4.69) is 15.4 Å². The molecule has 0 aliphatic heterocycles. The van der Waals surface area contributed by atoms with Gasteiger partial charge in [0.2, 0.25) is 0 Å². The van der Waals surface area contributed by atoms with Crippen molar-refractivity contribution in [3.05, 3.63) is 53.3 Å². The summed E-state index contributed by atoms with van der Waals surface area (Å²) in [6.07, 6.45) is 0. The highest BCUT2D eigenvalue weighted by Crippen LogP contribution is 2.33. The van der Waals surface area contributed by atoms with Crippen LogP contribution in [-0.4, -0.2) is 22.5 Å². The van der Waals surface area contributed by atoms with Gasteiger partial charge in [0.15, 0.2) is 0 Å². The number of H-pyrrole nitrogens is 1. The maximum Gasteiger partial charge on any atom is 0.137 e. The first kappa shape index (κ1) is 13.6. The van der Waals surface area contributed by atoms with Crippen LogP contribution in [0.5, 0.6) is 5.75 Å². The number of rotatable bonds is 3. The second kappa shape index (κ2) is 5.54. The van der Waals surface area contributed by atoms with Crippen LogP contribution in [0.25, 0.3) is 22.5 Å². The van der Waals surface area contributed by atoms with Gasteiger partial charge in [0, 0.05) is 11.1 Å². The normalized spacial score (nSPS) is 10.6. The molecule has 0 bridgehead atoms.